The van der Waals surface area contributed by atoms with Gasteiger partial charge in [0, 0.05) is 28.8 Å². The molecule has 1 atom stereocenters. The van der Waals surface area contributed by atoms with Gasteiger partial charge in [-0.15, -0.1) is 0 Å². The van der Waals surface area contributed by atoms with Crippen molar-refractivity contribution in [3.63, 3.8) is 0 Å². The van der Waals surface area contributed by atoms with Gasteiger partial charge in [0.25, 0.3) is 0 Å². The lowest BCUT2D eigenvalue weighted by Gasteiger charge is -2.19. The van der Waals surface area contributed by atoms with Crippen molar-refractivity contribution in [2.75, 3.05) is 23.8 Å². The maximum absolute atomic E-state index is 3.59. The topological polar surface area (TPSA) is 12.0 Å². The molecule has 3 heteroatoms. The lowest BCUT2D eigenvalue weighted by atomic mass is 10.3. The Kier molecular flexibility index (Phi) is 9.07. The fourth-order valence-electron chi connectivity index (χ4n) is 1.20. The van der Waals surface area contributed by atoms with Crippen molar-refractivity contribution in [2.45, 2.75) is 52.3 Å². The smallest absolute Gasteiger partial charge is 0.0130 e. The molecule has 0 aliphatic carbocycles. The Balaban J connectivity index is 3.34. The van der Waals surface area contributed by atoms with Crippen molar-refractivity contribution in [3.8, 4) is 0 Å². The minimum absolute atomic E-state index is 0.400. The van der Waals surface area contributed by atoms with Gasteiger partial charge in [-0.1, -0.05) is 34.6 Å². The highest BCUT2D eigenvalue weighted by atomic mass is 32.2. The normalized spacial score (nSPS) is 14.4. The number of hydrogen-bond donors (Lipinski definition) is 1. The largest absolute Gasteiger partial charge is 0.313 e. The number of thioether (sulfide) groups is 2. The van der Waals surface area contributed by atoms with Crippen molar-refractivity contribution in [2.24, 2.45) is 5.92 Å². The third-order valence-corrected chi connectivity index (χ3v) is 4.86. The summed E-state index contributed by atoms with van der Waals surface area (Å²) in [4.78, 5) is 0. The Morgan fingerprint density at radius 1 is 1.06 bits per heavy atom. The molecule has 0 spiro atoms. The molecular weight excluding hydrogens is 234 g/mol. The summed E-state index contributed by atoms with van der Waals surface area (Å²) in [7, 11) is 0. The Morgan fingerprint density at radius 2 is 1.69 bits per heavy atom. The van der Waals surface area contributed by atoms with Crippen molar-refractivity contribution >= 4 is 23.5 Å². The highest BCUT2D eigenvalue weighted by Crippen LogP contribution is 2.22. The summed E-state index contributed by atoms with van der Waals surface area (Å²) < 4.78 is 0.400. The lowest BCUT2D eigenvalue weighted by Crippen LogP contribution is -2.31. The molecule has 0 aromatic carbocycles. The van der Waals surface area contributed by atoms with E-state index in [1.807, 2.05) is 11.8 Å². The molecule has 0 amide bonds. The number of nitrogens with one attached hydrogen (secondary N) is 1. The van der Waals surface area contributed by atoms with E-state index in [9.17, 15) is 0 Å². The van der Waals surface area contributed by atoms with E-state index >= 15 is 0 Å². The highest BCUT2D eigenvalue weighted by molar-refractivity contribution is 8.00. The van der Waals surface area contributed by atoms with E-state index in [0.717, 1.165) is 12.5 Å². The van der Waals surface area contributed by atoms with Crippen LogP contribution in [0.3, 0.4) is 0 Å². The first-order chi connectivity index (χ1) is 7.31. The number of rotatable bonds is 8. The van der Waals surface area contributed by atoms with Crippen LogP contribution in [0.1, 0.15) is 41.5 Å². The molecule has 1 unspecified atom stereocenters. The van der Waals surface area contributed by atoms with Crippen LogP contribution in [-0.4, -0.2) is 34.6 Å². The molecule has 16 heavy (non-hydrogen) atoms. The minimum atomic E-state index is 0.400. The zero-order valence-electron chi connectivity index (χ0n) is 11.8. The van der Waals surface area contributed by atoms with E-state index in [4.69, 9.17) is 0 Å². The zero-order valence-corrected chi connectivity index (χ0v) is 13.4. The van der Waals surface area contributed by atoms with Crippen LogP contribution in [0.5, 0.6) is 0 Å². The summed E-state index contributed by atoms with van der Waals surface area (Å²) >= 11 is 4.10. The molecule has 0 rings (SSSR count). The van der Waals surface area contributed by atoms with Crippen LogP contribution in [0.15, 0.2) is 0 Å². The van der Waals surface area contributed by atoms with Crippen LogP contribution < -0.4 is 5.32 Å². The van der Waals surface area contributed by atoms with Gasteiger partial charge in [0.1, 0.15) is 0 Å². The van der Waals surface area contributed by atoms with Crippen molar-refractivity contribution in [1.29, 1.82) is 0 Å². The fourth-order valence-corrected chi connectivity index (χ4v) is 3.11. The van der Waals surface area contributed by atoms with E-state index in [2.05, 4.69) is 58.6 Å². The van der Waals surface area contributed by atoms with Crippen LogP contribution in [-0.2, 0) is 0 Å². The summed E-state index contributed by atoms with van der Waals surface area (Å²) in [5.41, 5.74) is 0. The molecule has 0 radical (unpaired) electrons. The van der Waals surface area contributed by atoms with Gasteiger partial charge < -0.3 is 5.32 Å². The fraction of sp³-hybridized carbons (Fsp3) is 1.00. The lowest BCUT2D eigenvalue weighted by molar-refractivity contribution is 0.621. The van der Waals surface area contributed by atoms with Gasteiger partial charge in [0.2, 0.25) is 0 Å². The van der Waals surface area contributed by atoms with Gasteiger partial charge in [-0.2, -0.15) is 23.5 Å². The Hall–Kier alpha value is 0.660. The van der Waals surface area contributed by atoms with E-state index in [1.165, 1.54) is 17.3 Å². The van der Waals surface area contributed by atoms with Gasteiger partial charge in [-0.25, -0.2) is 0 Å². The van der Waals surface area contributed by atoms with Gasteiger partial charge >= 0.3 is 0 Å². The molecule has 0 bridgehead atoms. The Bertz CT molecular complexity index is 164. The molecule has 1 N–H and O–H groups in total. The van der Waals surface area contributed by atoms with Crippen LogP contribution in [0, 0.1) is 5.92 Å². The summed E-state index contributed by atoms with van der Waals surface area (Å²) in [6, 6.07) is 0.643. The summed E-state index contributed by atoms with van der Waals surface area (Å²) in [6.07, 6.45) is 0. The summed E-state index contributed by atoms with van der Waals surface area (Å²) in [6.45, 7) is 14.8. The van der Waals surface area contributed by atoms with Crippen LogP contribution in [0.25, 0.3) is 0 Å². The average molecular weight is 264 g/mol. The zero-order chi connectivity index (χ0) is 12.6. The first-order valence-electron chi connectivity index (χ1n) is 6.26. The van der Waals surface area contributed by atoms with Crippen molar-refractivity contribution in [1.82, 2.24) is 5.32 Å². The SMILES string of the molecule is CC(C)CSCC(C)NCCSC(C)(C)C. The molecule has 98 valence electrons. The highest BCUT2D eigenvalue weighted by Gasteiger charge is 2.10. The van der Waals surface area contributed by atoms with Gasteiger partial charge in [0.05, 0.1) is 0 Å². The Morgan fingerprint density at radius 3 is 2.19 bits per heavy atom. The second kappa shape index (κ2) is 8.71. The minimum Gasteiger partial charge on any atom is -0.313 e. The third-order valence-electron chi connectivity index (χ3n) is 1.95. The maximum atomic E-state index is 3.59. The molecule has 1 nitrogen and oxygen atoms in total. The monoisotopic (exact) mass is 263 g/mol. The first-order valence-corrected chi connectivity index (χ1v) is 8.40. The summed E-state index contributed by atoms with van der Waals surface area (Å²) in [5, 5.41) is 3.59. The van der Waals surface area contributed by atoms with Gasteiger partial charge in [-0.05, 0) is 18.6 Å². The second-order valence-corrected chi connectivity index (χ2v) is 8.74. The summed E-state index contributed by atoms with van der Waals surface area (Å²) in [5.74, 6) is 4.54. The van der Waals surface area contributed by atoms with Crippen LogP contribution in [0.4, 0.5) is 0 Å². The van der Waals surface area contributed by atoms with Gasteiger partial charge in [0.15, 0.2) is 0 Å². The molecule has 0 fully saturated rings. The predicted octanol–water partition coefficient (Wildman–Crippen LogP) is 3.89. The first kappa shape index (κ1) is 16.7. The average Bonchev–Trinajstić information content (AvgIpc) is 2.10. The molecule has 0 aliphatic rings. The van der Waals surface area contributed by atoms with E-state index in [-0.39, 0.29) is 0 Å². The Labute approximate surface area is 111 Å². The number of hydrogen-bond acceptors (Lipinski definition) is 3. The molecule has 0 aromatic rings. The molecule has 0 aromatic heterocycles. The molecule has 0 saturated heterocycles. The van der Waals surface area contributed by atoms with Gasteiger partial charge in [-0.3, -0.25) is 0 Å². The van der Waals surface area contributed by atoms with Crippen molar-refractivity contribution < 1.29 is 0 Å². The second-order valence-electron chi connectivity index (χ2n) is 5.75. The maximum Gasteiger partial charge on any atom is 0.0130 e. The predicted molar refractivity (Wildman–Crippen MR) is 81.8 cm³/mol. The van der Waals surface area contributed by atoms with E-state index in [1.54, 1.807) is 0 Å². The molecule has 0 saturated carbocycles. The molecule has 0 aliphatic heterocycles. The third kappa shape index (κ3) is 12.7. The standard InChI is InChI=1S/C13H29NS2/c1-11(2)9-15-10-12(3)14-7-8-16-13(4,5)6/h11-12,14H,7-10H2,1-6H3. The van der Waals surface area contributed by atoms with E-state index in [0.29, 0.717) is 10.8 Å². The molecular formula is C13H29NS2. The van der Waals surface area contributed by atoms with Crippen LogP contribution >= 0.6 is 23.5 Å². The van der Waals surface area contributed by atoms with Crippen LogP contribution in [0.2, 0.25) is 0 Å². The quantitative estimate of drug-likeness (QED) is 0.667. The molecule has 0 heterocycles. The van der Waals surface area contributed by atoms with E-state index < -0.39 is 0 Å². The van der Waals surface area contributed by atoms with Crippen molar-refractivity contribution in [3.05, 3.63) is 0 Å².